The van der Waals surface area contributed by atoms with E-state index in [1.807, 2.05) is 41.4 Å². The quantitative estimate of drug-likeness (QED) is 0.689. The lowest BCUT2D eigenvalue weighted by Gasteiger charge is -2.16. The van der Waals surface area contributed by atoms with Gasteiger partial charge < -0.3 is 0 Å². The summed E-state index contributed by atoms with van der Waals surface area (Å²) in [5, 5.41) is 6.76. The second-order valence-electron chi connectivity index (χ2n) is 6.36. The summed E-state index contributed by atoms with van der Waals surface area (Å²) >= 11 is 0. The number of benzene rings is 2. The van der Waals surface area contributed by atoms with E-state index in [1.54, 1.807) is 30.8 Å². The van der Waals surface area contributed by atoms with E-state index in [0.29, 0.717) is 6.54 Å². The molecule has 0 saturated carbocycles. The van der Waals surface area contributed by atoms with Gasteiger partial charge in [-0.2, -0.15) is 5.10 Å². The van der Waals surface area contributed by atoms with Crippen molar-refractivity contribution in [3.05, 3.63) is 90.0 Å². The van der Waals surface area contributed by atoms with Crippen LogP contribution in [-0.4, -0.2) is 27.7 Å². The molecule has 4 rings (SSSR count). The highest BCUT2D eigenvalue weighted by molar-refractivity contribution is 7.84. The van der Waals surface area contributed by atoms with Gasteiger partial charge in [-0.15, -0.1) is 0 Å². The molecule has 0 amide bonds. The van der Waals surface area contributed by atoms with Crippen LogP contribution in [0.1, 0.15) is 17.0 Å². The Hall–Kier alpha value is -2.86. The van der Waals surface area contributed by atoms with Crippen LogP contribution >= 0.6 is 0 Å². The fourth-order valence-electron chi connectivity index (χ4n) is 3.21. The van der Waals surface area contributed by atoms with Crippen molar-refractivity contribution in [1.82, 2.24) is 4.98 Å². The number of nitrogens with zero attached hydrogens (tertiary/aromatic N) is 3. The predicted octanol–water partition coefficient (Wildman–Crippen LogP) is 3.97. The summed E-state index contributed by atoms with van der Waals surface area (Å²) in [5.41, 5.74) is 3.83. The molecule has 1 aliphatic rings. The summed E-state index contributed by atoms with van der Waals surface area (Å²) in [6.45, 7) is 0.672. The van der Waals surface area contributed by atoms with Gasteiger partial charge in [0.05, 0.1) is 17.9 Å². The van der Waals surface area contributed by atoms with Crippen molar-refractivity contribution in [2.75, 3.05) is 17.8 Å². The average molecular weight is 379 g/mol. The lowest BCUT2D eigenvalue weighted by molar-refractivity contribution is 0.627. The molecule has 1 aliphatic heterocycles. The molecule has 136 valence electrons. The highest BCUT2D eigenvalue weighted by atomic mass is 32.2. The van der Waals surface area contributed by atoms with Crippen molar-refractivity contribution < 1.29 is 8.60 Å². The number of hydrogen-bond acceptors (Lipinski definition) is 4. The molecule has 2 heterocycles. The Kier molecular flexibility index (Phi) is 4.81. The van der Waals surface area contributed by atoms with Crippen LogP contribution in [0.15, 0.2) is 83.1 Å². The maximum atomic E-state index is 13.4. The van der Waals surface area contributed by atoms with Gasteiger partial charge in [-0.25, -0.2) is 4.39 Å². The molecule has 2 atom stereocenters. The van der Waals surface area contributed by atoms with Crippen molar-refractivity contribution in [1.29, 1.82) is 0 Å². The molecule has 0 saturated heterocycles. The number of hydrogen-bond donors (Lipinski definition) is 0. The van der Waals surface area contributed by atoms with Gasteiger partial charge in [-0.1, -0.05) is 12.1 Å². The Morgan fingerprint density at radius 2 is 1.67 bits per heavy atom. The van der Waals surface area contributed by atoms with E-state index < -0.39 is 10.8 Å². The van der Waals surface area contributed by atoms with Crippen LogP contribution in [0.5, 0.6) is 0 Å². The fraction of sp³-hybridized carbons (Fsp3) is 0.143. The van der Waals surface area contributed by atoms with E-state index in [2.05, 4.69) is 4.98 Å². The first-order chi connectivity index (χ1) is 13.1. The Balaban J connectivity index is 1.72. The van der Waals surface area contributed by atoms with E-state index in [-0.39, 0.29) is 11.7 Å². The Morgan fingerprint density at radius 3 is 2.30 bits per heavy atom. The van der Waals surface area contributed by atoms with E-state index >= 15 is 0 Å². The minimum Gasteiger partial charge on any atom is -0.265 e. The van der Waals surface area contributed by atoms with Gasteiger partial charge in [0.15, 0.2) is 0 Å². The van der Waals surface area contributed by atoms with Gasteiger partial charge in [0.25, 0.3) is 0 Å². The first-order valence-corrected chi connectivity index (χ1v) is 10.1. The monoisotopic (exact) mass is 379 g/mol. The van der Waals surface area contributed by atoms with Gasteiger partial charge in [-0.05, 0) is 59.7 Å². The first-order valence-electron chi connectivity index (χ1n) is 8.57. The minimum atomic E-state index is -1.01. The van der Waals surface area contributed by atoms with Crippen LogP contribution in [0.3, 0.4) is 0 Å². The van der Waals surface area contributed by atoms with Crippen molar-refractivity contribution in [2.45, 2.75) is 10.8 Å². The molecule has 2 aromatic carbocycles. The molecule has 0 spiro atoms. The molecule has 4 nitrogen and oxygen atoms in total. The molecule has 3 aromatic rings. The standard InChI is InChI=1S/C21H18FN3OS/c1-27(26)19-8-6-18(7-9-19)25-14-20(15-10-12-23-13-11-15)21(24-25)16-2-4-17(22)5-3-16/h2-13,20H,14H2,1H3. The Bertz CT molecular complexity index is 988. The summed E-state index contributed by atoms with van der Waals surface area (Å²) in [6.07, 6.45) is 5.20. The normalized spacial score (nSPS) is 17.6. The van der Waals surface area contributed by atoms with Crippen LogP contribution in [0, 0.1) is 5.82 Å². The largest absolute Gasteiger partial charge is 0.265 e. The highest BCUT2D eigenvalue weighted by Gasteiger charge is 2.30. The lowest BCUT2D eigenvalue weighted by atomic mass is 9.91. The molecular formula is C21H18FN3OS. The molecule has 0 bridgehead atoms. The van der Waals surface area contributed by atoms with E-state index in [9.17, 15) is 8.60 Å². The van der Waals surface area contributed by atoms with Crippen LogP contribution in [-0.2, 0) is 10.8 Å². The number of hydrazone groups is 1. The van der Waals surface area contributed by atoms with Crippen molar-refractivity contribution in [3.63, 3.8) is 0 Å². The fourth-order valence-corrected chi connectivity index (χ4v) is 3.73. The van der Waals surface area contributed by atoms with E-state index in [0.717, 1.165) is 27.4 Å². The average Bonchev–Trinajstić information content (AvgIpc) is 3.15. The summed E-state index contributed by atoms with van der Waals surface area (Å²) in [4.78, 5) is 4.88. The zero-order valence-electron chi connectivity index (χ0n) is 14.7. The van der Waals surface area contributed by atoms with Crippen molar-refractivity contribution in [3.8, 4) is 0 Å². The second kappa shape index (κ2) is 7.40. The zero-order chi connectivity index (χ0) is 18.8. The maximum Gasteiger partial charge on any atom is 0.123 e. The molecule has 6 heteroatoms. The van der Waals surface area contributed by atoms with Crippen LogP contribution in [0.2, 0.25) is 0 Å². The minimum absolute atomic E-state index is 0.0541. The third kappa shape index (κ3) is 3.66. The smallest absolute Gasteiger partial charge is 0.123 e. The molecule has 0 radical (unpaired) electrons. The molecule has 2 unspecified atom stereocenters. The lowest BCUT2D eigenvalue weighted by Crippen LogP contribution is -2.18. The van der Waals surface area contributed by atoms with Gasteiger partial charge in [-0.3, -0.25) is 14.2 Å². The van der Waals surface area contributed by atoms with Gasteiger partial charge in [0, 0.05) is 40.3 Å². The van der Waals surface area contributed by atoms with Gasteiger partial charge in [0.1, 0.15) is 5.82 Å². The summed E-state index contributed by atoms with van der Waals surface area (Å²) in [6, 6.07) is 18.0. The van der Waals surface area contributed by atoms with Crippen LogP contribution in [0.4, 0.5) is 10.1 Å². The first kappa shape index (κ1) is 17.5. The van der Waals surface area contributed by atoms with Crippen molar-refractivity contribution >= 4 is 22.2 Å². The number of halogens is 1. The van der Waals surface area contributed by atoms with Gasteiger partial charge in [0.2, 0.25) is 0 Å². The summed E-state index contributed by atoms with van der Waals surface area (Å²) < 4.78 is 25.0. The number of rotatable bonds is 4. The van der Waals surface area contributed by atoms with Crippen LogP contribution < -0.4 is 5.01 Å². The third-order valence-corrected chi connectivity index (χ3v) is 5.57. The Labute approximate surface area is 159 Å². The number of pyridine rings is 1. The van der Waals surface area contributed by atoms with Gasteiger partial charge >= 0.3 is 0 Å². The van der Waals surface area contributed by atoms with E-state index in [1.165, 1.54) is 12.1 Å². The molecule has 1 aromatic heterocycles. The Morgan fingerprint density at radius 1 is 1.00 bits per heavy atom. The topological polar surface area (TPSA) is 45.6 Å². The molecule has 0 N–H and O–H groups in total. The number of anilines is 1. The SMILES string of the molecule is CS(=O)c1ccc(N2CC(c3ccncc3)C(c3ccc(F)cc3)=N2)cc1. The summed E-state index contributed by atoms with van der Waals surface area (Å²) in [7, 11) is -1.01. The molecule has 27 heavy (non-hydrogen) atoms. The van der Waals surface area contributed by atoms with E-state index in [4.69, 9.17) is 5.10 Å². The second-order valence-corrected chi connectivity index (χ2v) is 7.74. The maximum absolute atomic E-state index is 13.4. The third-order valence-electron chi connectivity index (χ3n) is 4.63. The van der Waals surface area contributed by atoms with Crippen LogP contribution in [0.25, 0.3) is 0 Å². The highest BCUT2D eigenvalue weighted by Crippen LogP contribution is 2.32. The number of aromatic nitrogens is 1. The molecule has 0 aliphatic carbocycles. The van der Waals surface area contributed by atoms with Crippen molar-refractivity contribution in [2.24, 2.45) is 5.10 Å². The summed E-state index contributed by atoms with van der Waals surface area (Å²) in [5.74, 6) is -0.212. The predicted molar refractivity (Wildman–Crippen MR) is 106 cm³/mol. The zero-order valence-corrected chi connectivity index (χ0v) is 15.6. The molecular weight excluding hydrogens is 361 g/mol. The molecule has 0 fully saturated rings.